The molecule has 0 fully saturated rings. The van der Waals surface area contributed by atoms with Gasteiger partial charge in [-0.15, -0.1) is 0 Å². The van der Waals surface area contributed by atoms with Crippen LogP contribution in [0.25, 0.3) is 0 Å². The SMILES string of the molecule is CN(C)CN1C2=CCC=CC2=Nc2ccccc21. The molecule has 0 atom stereocenters. The van der Waals surface area contributed by atoms with Crippen molar-refractivity contribution in [1.82, 2.24) is 4.90 Å². The molecule has 1 aromatic rings. The Bertz CT molecular complexity index is 553. The Morgan fingerprint density at radius 2 is 2.11 bits per heavy atom. The van der Waals surface area contributed by atoms with Crippen molar-refractivity contribution in [1.29, 1.82) is 0 Å². The molecular weight excluding hydrogens is 222 g/mol. The molecule has 18 heavy (non-hydrogen) atoms. The number of allylic oxidation sites excluding steroid dienone is 3. The molecule has 0 unspecified atom stereocenters. The molecule has 0 saturated carbocycles. The maximum atomic E-state index is 4.73. The van der Waals surface area contributed by atoms with Gasteiger partial charge in [-0.3, -0.25) is 4.90 Å². The first-order valence-electron chi connectivity index (χ1n) is 6.23. The maximum absolute atomic E-state index is 4.73. The smallest absolute Gasteiger partial charge is 0.0875 e. The lowest BCUT2D eigenvalue weighted by atomic mass is 10.0. The number of hydrogen-bond donors (Lipinski definition) is 0. The Balaban J connectivity index is 2.11. The van der Waals surface area contributed by atoms with Crippen molar-refractivity contribution in [3.63, 3.8) is 0 Å². The maximum Gasteiger partial charge on any atom is 0.0875 e. The largest absolute Gasteiger partial charge is 0.324 e. The highest BCUT2D eigenvalue weighted by atomic mass is 15.3. The minimum atomic E-state index is 0.871. The first-order chi connectivity index (χ1) is 8.75. The van der Waals surface area contributed by atoms with Gasteiger partial charge >= 0.3 is 0 Å². The van der Waals surface area contributed by atoms with Gasteiger partial charge in [0.05, 0.1) is 29.5 Å². The van der Waals surface area contributed by atoms with Crippen LogP contribution in [0.15, 0.2) is 53.2 Å². The van der Waals surface area contributed by atoms with E-state index in [0.29, 0.717) is 0 Å². The Morgan fingerprint density at radius 3 is 2.94 bits per heavy atom. The predicted octanol–water partition coefficient (Wildman–Crippen LogP) is 2.94. The third kappa shape index (κ3) is 1.87. The van der Waals surface area contributed by atoms with Gasteiger partial charge in [0.2, 0.25) is 0 Å². The zero-order chi connectivity index (χ0) is 12.5. The van der Waals surface area contributed by atoms with Crippen molar-refractivity contribution < 1.29 is 0 Å². The van der Waals surface area contributed by atoms with E-state index in [1.165, 1.54) is 11.4 Å². The first-order valence-corrected chi connectivity index (χ1v) is 6.23. The summed E-state index contributed by atoms with van der Waals surface area (Å²) in [6.07, 6.45) is 7.51. The van der Waals surface area contributed by atoms with Crippen molar-refractivity contribution in [3.8, 4) is 0 Å². The minimum Gasteiger partial charge on any atom is -0.324 e. The van der Waals surface area contributed by atoms with Crippen molar-refractivity contribution >= 4 is 17.1 Å². The summed E-state index contributed by atoms with van der Waals surface area (Å²) in [6, 6.07) is 8.32. The second-order valence-corrected chi connectivity index (χ2v) is 4.86. The Morgan fingerprint density at radius 1 is 1.28 bits per heavy atom. The molecule has 1 aliphatic carbocycles. The fraction of sp³-hybridized carbons (Fsp3) is 0.267. The van der Waals surface area contributed by atoms with Gasteiger partial charge in [0.1, 0.15) is 0 Å². The van der Waals surface area contributed by atoms with Crippen LogP contribution >= 0.6 is 0 Å². The van der Waals surface area contributed by atoms with E-state index in [9.17, 15) is 0 Å². The lowest BCUT2D eigenvalue weighted by Gasteiger charge is -2.35. The number of aliphatic imine (C=N–C) groups is 1. The molecule has 2 aliphatic rings. The van der Waals surface area contributed by atoms with Crippen LogP contribution in [-0.4, -0.2) is 31.4 Å². The minimum absolute atomic E-state index is 0.871. The third-order valence-corrected chi connectivity index (χ3v) is 3.11. The Hall–Kier alpha value is -1.87. The third-order valence-electron chi connectivity index (χ3n) is 3.11. The van der Waals surface area contributed by atoms with Crippen molar-refractivity contribution in [2.24, 2.45) is 4.99 Å². The highest BCUT2D eigenvalue weighted by Crippen LogP contribution is 2.37. The fourth-order valence-electron chi connectivity index (χ4n) is 2.37. The van der Waals surface area contributed by atoms with E-state index < -0.39 is 0 Å². The molecule has 1 aliphatic heterocycles. The fourth-order valence-corrected chi connectivity index (χ4v) is 2.37. The van der Waals surface area contributed by atoms with Crippen molar-refractivity contribution in [2.75, 3.05) is 25.7 Å². The van der Waals surface area contributed by atoms with Crippen LogP contribution in [0.5, 0.6) is 0 Å². The van der Waals surface area contributed by atoms with E-state index >= 15 is 0 Å². The van der Waals surface area contributed by atoms with Gasteiger partial charge in [-0.2, -0.15) is 0 Å². The molecule has 0 radical (unpaired) electrons. The van der Waals surface area contributed by atoms with Crippen LogP contribution in [0.3, 0.4) is 0 Å². The molecule has 0 bridgehead atoms. The second-order valence-electron chi connectivity index (χ2n) is 4.86. The molecule has 92 valence electrons. The van der Waals surface area contributed by atoms with Crippen LogP contribution in [0, 0.1) is 0 Å². The Labute approximate surface area is 108 Å². The Kier molecular flexibility index (Phi) is 2.76. The van der Waals surface area contributed by atoms with Gasteiger partial charge in [0.15, 0.2) is 0 Å². The number of fused-ring (bicyclic) bond motifs is 2. The second kappa shape index (κ2) is 4.42. The van der Waals surface area contributed by atoms with Crippen LogP contribution < -0.4 is 4.90 Å². The number of nitrogens with zero attached hydrogens (tertiary/aromatic N) is 3. The van der Waals surface area contributed by atoms with E-state index in [1.807, 2.05) is 6.07 Å². The molecule has 0 saturated heterocycles. The molecule has 1 aromatic carbocycles. The average Bonchev–Trinajstić information content (AvgIpc) is 2.38. The summed E-state index contributed by atoms with van der Waals surface area (Å²) < 4.78 is 0. The van der Waals surface area contributed by atoms with Gasteiger partial charge in [0.25, 0.3) is 0 Å². The average molecular weight is 239 g/mol. The number of anilines is 1. The first kappa shape index (κ1) is 11.2. The summed E-state index contributed by atoms with van der Waals surface area (Å²) >= 11 is 0. The van der Waals surface area contributed by atoms with Crippen LogP contribution in [0.2, 0.25) is 0 Å². The summed E-state index contributed by atoms with van der Waals surface area (Å²) in [5, 5.41) is 0. The van der Waals surface area contributed by atoms with Gasteiger partial charge in [-0.1, -0.05) is 24.3 Å². The van der Waals surface area contributed by atoms with E-state index in [2.05, 4.69) is 60.3 Å². The van der Waals surface area contributed by atoms with Crippen molar-refractivity contribution in [2.45, 2.75) is 6.42 Å². The summed E-state index contributed by atoms with van der Waals surface area (Å²) in [5.41, 5.74) is 4.54. The van der Waals surface area contributed by atoms with Gasteiger partial charge in [-0.25, -0.2) is 4.99 Å². The monoisotopic (exact) mass is 239 g/mol. The molecule has 3 heteroatoms. The zero-order valence-corrected chi connectivity index (χ0v) is 10.8. The molecular formula is C15H17N3. The van der Waals surface area contributed by atoms with Crippen molar-refractivity contribution in [3.05, 3.63) is 48.2 Å². The number of para-hydroxylation sites is 2. The molecule has 3 rings (SSSR count). The van der Waals surface area contributed by atoms with E-state index in [-0.39, 0.29) is 0 Å². The van der Waals surface area contributed by atoms with E-state index in [1.54, 1.807) is 0 Å². The summed E-state index contributed by atoms with van der Waals surface area (Å²) in [7, 11) is 4.18. The quantitative estimate of drug-likeness (QED) is 0.790. The van der Waals surface area contributed by atoms with Gasteiger partial charge in [-0.05, 0) is 38.7 Å². The van der Waals surface area contributed by atoms with E-state index in [0.717, 1.165) is 24.5 Å². The number of rotatable bonds is 2. The normalized spacial score (nSPS) is 17.2. The molecule has 3 nitrogen and oxygen atoms in total. The predicted molar refractivity (Wildman–Crippen MR) is 76.4 cm³/mol. The number of benzene rings is 1. The van der Waals surface area contributed by atoms with Crippen LogP contribution in [-0.2, 0) is 0 Å². The topological polar surface area (TPSA) is 18.8 Å². The number of hydrogen-bond acceptors (Lipinski definition) is 3. The molecule has 1 heterocycles. The highest BCUT2D eigenvalue weighted by Gasteiger charge is 2.24. The standard InChI is InChI=1S/C15H17N3/c1-17(2)11-18-14-9-5-3-7-12(14)16-13-8-4-6-10-15(13)18/h3-5,7-10H,6,11H2,1-2H3. The molecule has 0 aromatic heterocycles. The molecule has 0 amide bonds. The lowest BCUT2D eigenvalue weighted by molar-refractivity contribution is 0.415. The lowest BCUT2D eigenvalue weighted by Crippen LogP contribution is -2.37. The van der Waals surface area contributed by atoms with Crippen LogP contribution in [0.1, 0.15) is 6.42 Å². The summed E-state index contributed by atoms with van der Waals surface area (Å²) in [4.78, 5) is 9.24. The zero-order valence-electron chi connectivity index (χ0n) is 10.8. The van der Waals surface area contributed by atoms with E-state index in [4.69, 9.17) is 4.99 Å². The molecule has 0 spiro atoms. The van der Waals surface area contributed by atoms with Gasteiger partial charge < -0.3 is 4.90 Å². The highest BCUT2D eigenvalue weighted by molar-refractivity contribution is 6.15. The summed E-state index contributed by atoms with van der Waals surface area (Å²) in [6.45, 7) is 0.871. The van der Waals surface area contributed by atoms with Gasteiger partial charge in [0, 0.05) is 0 Å². The summed E-state index contributed by atoms with van der Waals surface area (Å²) in [5.74, 6) is 0. The molecule has 0 N–H and O–H groups in total. The van der Waals surface area contributed by atoms with Crippen LogP contribution in [0.4, 0.5) is 11.4 Å².